The summed E-state index contributed by atoms with van der Waals surface area (Å²) in [5, 5.41) is 9.21. The summed E-state index contributed by atoms with van der Waals surface area (Å²) in [7, 11) is 0. The summed E-state index contributed by atoms with van der Waals surface area (Å²) in [6.45, 7) is 0. The van der Waals surface area contributed by atoms with Crippen LogP contribution in [0.1, 0.15) is 36.6 Å². The average molecular weight is 335 g/mol. The predicted molar refractivity (Wildman–Crippen MR) is 76.0 cm³/mol. The number of carboxylic acids is 1. The van der Waals surface area contributed by atoms with Crippen LogP contribution in [0, 0.1) is 0 Å². The zero-order valence-electron chi connectivity index (χ0n) is 11.8. The van der Waals surface area contributed by atoms with Gasteiger partial charge >= 0.3 is 12.1 Å². The highest BCUT2D eigenvalue weighted by Crippen LogP contribution is 2.38. The fourth-order valence-electron chi connectivity index (χ4n) is 2.60. The molecule has 3 rings (SSSR count). The molecule has 122 valence electrons. The maximum Gasteiger partial charge on any atom is 0.417 e. The molecule has 1 N–H and O–H groups in total. The molecule has 0 saturated carbocycles. The average Bonchev–Trinajstić information content (AvgIpc) is 2.77. The molecule has 0 aromatic heterocycles. The summed E-state index contributed by atoms with van der Waals surface area (Å²) < 4.78 is 39.2. The number of anilines is 1. The fourth-order valence-corrected chi connectivity index (χ4v) is 2.60. The van der Waals surface area contributed by atoms with Gasteiger partial charge in [-0.2, -0.15) is 13.2 Å². The Morgan fingerprint density at radius 1 is 0.917 bits per heavy atom. The van der Waals surface area contributed by atoms with Crippen molar-refractivity contribution >= 4 is 23.5 Å². The van der Waals surface area contributed by atoms with Crippen molar-refractivity contribution in [2.75, 3.05) is 4.90 Å². The number of imide groups is 1. The molecule has 8 heteroatoms. The lowest BCUT2D eigenvalue weighted by atomic mass is 10.0. The van der Waals surface area contributed by atoms with Crippen LogP contribution in [0.4, 0.5) is 18.9 Å². The van der Waals surface area contributed by atoms with E-state index in [1.54, 1.807) is 0 Å². The van der Waals surface area contributed by atoms with E-state index in [0.29, 0.717) is 11.0 Å². The number of amides is 2. The first kappa shape index (κ1) is 15.7. The molecular weight excluding hydrogens is 327 g/mol. The van der Waals surface area contributed by atoms with Crippen molar-refractivity contribution < 1.29 is 32.7 Å². The number of carbonyl (C=O) groups is 3. The number of fused-ring (bicyclic) bond motifs is 1. The molecule has 2 amide bonds. The molecule has 2 aromatic carbocycles. The van der Waals surface area contributed by atoms with Gasteiger partial charge in [-0.15, -0.1) is 0 Å². The van der Waals surface area contributed by atoms with Gasteiger partial charge in [0.15, 0.2) is 0 Å². The minimum absolute atomic E-state index is 0.0104. The molecule has 0 radical (unpaired) electrons. The summed E-state index contributed by atoms with van der Waals surface area (Å²) in [6, 6.07) is 8.24. The molecule has 1 aliphatic rings. The van der Waals surface area contributed by atoms with Gasteiger partial charge in [0, 0.05) is 0 Å². The molecular formula is C16H8F3NO4. The Morgan fingerprint density at radius 2 is 1.46 bits per heavy atom. The number of hydrogen-bond acceptors (Lipinski definition) is 3. The quantitative estimate of drug-likeness (QED) is 0.855. The Balaban J connectivity index is 2.24. The Labute approximate surface area is 132 Å². The number of nitrogens with zero attached hydrogens (tertiary/aromatic N) is 1. The van der Waals surface area contributed by atoms with Crippen molar-refractivity contribution in [2.45, 2.75) is 6.18 Å². The van der Waals surface area contributed by atoms with Crippen LogP contribution >= 0.6 is 0 Å². The highest BCUT2D eigenvalue weighted by Gasteiger charge is 2.42. The third-order valence-corrected chi connectivity index (χ3v) is 3.60. The first-order valence-corrected chi connectivity index (χ1v) is 6.65. The minimum Gasteiger partial charge on any atom is -0.478 e. The second-order valence-corrected chi connectivity index (χ2v) is 4.99. The second-order valence-electron chi connectivity index (χ2n) is 4.99. The molecule has 0 spiro atoms. The number of alkyl halides is 3. The minimum atomic E-state index is -4.94. The van der Waals surface area contributed by atoms with Crippen molar-refractivity contribution in [1.82, 2.24) is 0 Å². The monoisotopic (exact) mass is 335 g/mol. The zero-order chi connectivity index (χ0) is 17.6. The van der Waals surface area contributed by atoms with E-state index in [9.17, 15) is 32.7 Å². The maximum atomic E-state index is 13.1. The van der Waals surface area contributed by atoms with E-state index in [1.807, 2.05) is 0 Å². The van der Waals surface area contributed by atoms with Crippen LogP contribution in [0.3, 0.4) is 0 Å². The molecule has 0 aliphatic carbocycles. The third kappa shape index (κ3) is 2.23. The van der Waals surface area contributed by atoms with Gasteiger partial charge in [0.2, 0.25) is 0 Å². The van der Waals surface area contributed by atoms with Gasteiger partial charge in [-0.25, -0.2) is 9.69 Å². The number of rotatable bonds is 2. The summed E-state index contributed by atoms with van der Waals surface area (Å²) in [5.41, 5.74) is -3.15. The van der Waals surface area contributed by atoms with Gasteiger partial charge in [-0.1, -0.05) is 18.2 Å². The van der Waals surface area contributed by atoms with Crippen LogP contribution < -0.4 is 4.90 Å². The lowest BCUT2D eigenvalue weighted by molar-refractivity contribution is -0.138. The van der Waals surface area contributed by atoms with Crippen LogP contribution in [0.5, 0.6) is 0 Å². The number of carbonyl (C=O) groups excluding carboxylic acids is 2. The molecule has 0 unspecified atom stereocenters. The predicted octanol–water partition coefficient (Wildman–Crippen LogP) is 3.20. The molecule has 0 saturated heterocycles. The Morgan fingerprint density at radius 3 is 1.92 bits per heavy atom. The van der Waals surface area contributed by atoms with Crippen LogP contribution in [0.2, 0.25) is 0 Å². The van der Waals surface area contributed by atoms with E-state index in [0.717, 1.165) is 12.1 Å². The first-order chi connectivity index (χ1) is 11.2. The molecule has 0 bridgehead atoms. The van der Waals surface area contributed by atoms with E-state index in [2.05, 4.69) is 0 Å². The lowest BCUT2D eigenvalue weighted by Gasteiger charge is -2.19. The molecule has 1 aliphatic heterocycles. The van der Waals surface area contributed by atoms with Gasteiger partial charge in [-0.3, -0.25) is 9.59 Å². The second kappa shape index (κ2) is 5.19. The van der Waals surface area contributed by atoms with Crippen molar-refractivity contribution in [3.8, 4) is 0 Å². The van der Waals surface area contributed by atoms with E-state index < -0.39 is 40.8 Å². The number of halogens is 3. The highest BCUT2D eigenvalue weighted by molar-refractivity contribution is 6.35. The summed E-state index contributed by atoms with van der Waals surface area (Å²) in [6.07, 6.45) is -4.94. The lowest BCUT2D eigenvalue weighted by Crippen LogP contribution is -2.32. The maximum absolute atomic E-state index is 13.1. The molecule has 0 fully saturated rings. The normalized spacial score (nSPS) is 14.0. The summed E-state index contributed by atoms with van der Waals surface area (Å²) in [5.74, 6) is -3.61. The third-order valence-electron chi connectivity index (χ3n) is 3.60. The van der Waals surface area contributed by atoms with Gasteiger partial charge in [0.25, 0.3) is 11.8 Å². The van der Waals surface area contributed by atoms with Gasteiger partial charge in [0.05, 0.1) is 27.9 Å². The van der Waals surface area contributed by atoms with Crippen molar-refractivity contribution in [1.29, 1.82) is 0 Å². The standard InChI is InChI=1S/C16H8F3NO4/c17-16(18,19)10-6-3-7-11(12(10)15(23)24)20-13(21)8-4-1-2-5-9(8)14(20)22/h1-7H,(H,23,24). The Bertz CT molecular complexity index is 854. The Hall–Kier alpha value is -3.16. The number of aromatic carboxylic acids is 1. The molecule has 24 heavy (non-hydrogen) atoms. The smallest absolute Gasteiger partial charge is 0.417 e. The van der Waals surface area contributed by atoms with Gasteiger partial charge < -0.3 is 5.11 Å². The molecule has 5 nitrogen and oxygen atoms in total. The van der Waals surface area contributed by atoms with Crippen molar-refractivity contribution in [2.24, 2.45) is 0 Å². The summed E-state index contributed by atoms with van der Waals surface area (Å²) in [4.78, 5) is 36.6. The van der Waals surface area contributed by atoms with Gasteiger partial charge in [-0.05, 0) is 24.3 Å². The Kier molecular flexibility index (Phi) is 3.40. The van der Waals surface area contributed by atoms with E-state index in [1.165, 1.54) is 24.3 Å². The van der Waals surface area contributed by atoms with Crippen LogP contribution in [0.25, 0.3) is 0 Å². The number of benzene rings is 2. The largest absolute Gasteiger partial charge is 0.478 e. The van der Waals surface area contributed by atoms with Crippen molar-refractivity contribution in [3.63, 3.8) is 0 Å². The molecule has 0 atom stereocenters. The van der Waals surface area contributed by atoms with E-state index in [4.69, 9.17) is 0 Å². The van der Waals surface area contributed by atoms with Crippen LogP contribution in [-0.2, 0) is 6.18 Å². The SMILES string of the molecule is O=C(O)c1c(N2C(=O)c3ccccc3C2=O)cccc1C(F)(F)F. The van der Waals surface area contributed by atoms with Gasteiger partial charge in [0.1, 0.15) is 0 Å². The number of carboxylic acid groups (broad SMARTS) is 1. The zero-order valence-corrected chi connectivity index (χ0v) is 11.8. The summed E-state index contributed by atoms with van der Waals surface area (Å²) >= 11 is 0. The van der Waals surface area contributed by atoms with Crippen molar-refractivity contribution in [3.05, 3.63) is 64.7 Å². The van der Waals surface area contributed by atoms with Crippen LogP contribution in [0.15, 0.2) is 42.5 Å². The van der Waals surface area contributed by atoms with E-state index >= 15 is 0 Å². The number of hydrogen-bond donors (Lipinski definition) is 1. The molecule has 2 aromatic rings. The van der Waals surface area contributed by atoms with E-state index in [-0.39, 0.29) is 11.1 Å². The molecule has 1 heterocycles. The fraction of sp³-hybridized carbons (Fsp3) is 0.0625. The topological polar surface area (TPSA) is 74.7 Å². The highest BCUT2D eigenvalue weighted by atomic mass is 19.4. The first-order valence-electron chi connectivity index (χ1n) is 6.65. The van der Waals surface area contributed by atoms with Crippen LogP contribution in [-0.4, -0.2) is 22.9 Å².